The summed E-state index contributed by atoms with van der Waals surface area (Å²) < 4.78 is 30.4. The number of hydrogen-bond donors (Lipinski definition) is 2. The highest BCUT2D eigenvalue weighted by atomic mass is 32.2. The van der Waals surface area contributed by atoms with Gasteiger partial charge >= 0.3 is 0 Å². The number of thiophene rings is 1. The van der Waals surface area contributed by atoms with E-state index in [0.717, 1.165) is 26.7 Å². The fourth-order valence-electron chi connectivity index (χ4n) is 4.61. The number of benzene rings is 3. The Bertz CT molecular complexity index is 1890. The summed E-state index contributed by atoms with van der Waals surface area (Å²) in [4.78, 5) is 25.7. The number of sulfonamides is 1. The summed E-state index contributed by atoms with van der Waals surface area (Å²) in [6.07, 6.45) is 3.40. The standard InChI is InChI=1S/C30H25N5O3S2/c1-20(29-33-25-11-5-6-12-26(25)34-29)35(40(37,38)24-9-3-2-4-10-24)23-13-14-27-22(16-23)17-28(39-27)30(36)32-19-21-8-7-15-31-18-21/h2-18,20H,19H2,1H3,(H,32,36)(H,33,34). The van der Waals surface area contributed by atoms with Crippen molar-refractivity contribution in [3.63, 3.8) is 0 Å². The quantitative estimate of drug-likeness (QED) is 0.232. The van der Waals surface area contributed by atoms with E-state index in [9.17, 15) is 13.2 Å². The predicted octanol–water partition coefficient (Wildman–Crippen LogP) is 6.06. The summed E-state index contributed by atoms with van der Waals surface area (Å²) in [5.74, 6) is 0.331. The van der Waals surface area contributed by atoms with E-state index in [-0.39, 0.29) is 10.8 Å². The number of carbonyl (C=O) groups is 1. The van der Waals surface area contributed by atoms with Crippen LogP contribution in [0.1, 0.15) is 34.0 Å². The maximum absolute atomic E-state index is 14.0. The zero-order valence-electron chi connectivity index (χ0n) is 21.5. The van der Waals surface area contributed by atoms with Crippen molar-refractivity contribution in [1.82, 2.24) is 20.3 Å². The van der Waals surface area contributed by atoms with Crippen molar-refractivity contribution in [3.05, 3.63) is 120 Å². The SMILES string of the molecule is CC(c1nc2ccccc2[nH]1)N(c1ccc2sc(C(=O)NCc3cccnc3)cc2c1)S(=O)(=O)c1ccccc1. The Balaban J connectivity index is 1.37. The van der Waals surface area contributed by atoms with Crippen LogP contribution in [0.25, 0.3) is 21.1 Å². The number of hydrogen-bond acceptors (Lipinski definition) is 6. The van der Waals surface area contributed by atoms with Crippen molar-refractivity contribution in [2.24, 2.45) is 0 Å². The van der Waals surface area contributed by atoms with Crippen LogP contribution in [0.4, 0.5) is 5.69 Å². The number of anilines is 1. The van der Waals surface area contributed by atoms with E-state index in [4.69, 9.17) is 0 Å². The van der Waals surface area contributed by atoms with Gasteiger partial charge in [-0.25, -0.2) is 13.4 Å². The lowest BCUT2D eigenvalue weighted by atomic mass is 10.2. The summed E-state index contributed by atoms with van der Waals surface area (Å²) in [5.41, 5.74) is 2.97. The van der Waals surface area contributed by atoms with E-state index in [0.29, 0.717) is 22.9 Å². The highest BCUT2D eigenvalue weighted by Gasteiger charge is 2.32. The van der Waals surface area contributed by atoms with Crippen molar-refractivity contribution >= 4 is 54.1 Å². The first-order chi connectivity index (χ1) is 19.4. The van der Waals surface area contributed by atoms with Crippen molar-refractivity contribution in [2.45, 2.75) is 24.4 Å². The van der Waals surface area contributed by atoms with Gasteiger partial charge in [-0.1, -0.05) is 36.4 Å². The highest BCUT2D eigenvalue weighted by molar-refractivity contribution is 7.92. The van der Waals surface area contributed by atoms with Gasteiger partial charge in [0.15, 0.2) is 0 Å². The van der Waals surface area contributed by atoms with E-state index >= 15 is 0 Å². The van der Waals surface area contributed by atoms with Gasteiger partial charge < -0.3 is 10.3 Å². The Kier molecular flexibility index (Phi) is 6.79. The second-order valence-electron chi connectivity index (χ2n) is 9.31. The maximum atomic E-state index is 14.0. The Morgan fingerprint density at radius 2 is 1.80 bits per heavy atom. The minimum Gasteiger partial charge on any atom is -0.347 e. The molecule has 1 atom stereocenters. The molecule has 3 aromatic carbocycles. The number of nitrogens with zero attached hydrogens (tertiary/aromatic N) is 3. The molecule has 0 saturated heterocycles. The molecule has 40 heavy (non-hydrogen) atoms. The first-order valence-electron chi connectivity index (χ1n) is 12.6. The van der Waals surface area contributed by atoms with Gasteiger partial charge in [0, 0.05) is 23.6 Å². The van der Waals surface area contributed by atoms with Gasteiger partial charge in [0.1, 0.15) is 11.9 Å². The van der Waals surface area contributed by atoms with Crippen molar-refractivity contribution < 1.29 is 13.2 Å². The third kappa shape index (κ3) is 4.94. The van der Waals surface area contributed by atoms with Gasteiger partial charge in [-0.05, 0) is 72.5 Å². The molecule has 0 fully saturated rings. The molecule has 10 heteroatoms. The van der Waals surface area contributed by atoms with Crippen molar-refractivity contribution in [3.8, 4) is 0 Å². The van der Waals surface area contributed by atoms with Crippen LogP contribution in [-0.4, -0.2) is 29.3 Å². The minimum absolute atomic E-state index is 0.179. The monoisotopic (exact) mass is 567 g/mol. The Hall–Kier alpha value is -4.54. The molecular formula is C30H25N5O3S2. The third-order valence-corrected chi connectivity index (χ3v) is 9.64. The number of rotatable bonds is 8. The zero-order valence-corrected chi connectivity index (χ0v) is 23.1. The molecule has 1 unspecified atom stereocenters. The van der Waals surface area contributed by atoms with Crippen LogP contribution in [-0.2, 0) is 16.6 Å². The second-order valence-corrected chi connectivity index (χ2v) is 12.2. The normalized spacial score (nSPS) is 12.4. The molecule has 0 spiro atoms. The molecule has 2 N–H and O–H groups in total. The van der Waals surface area contributed by atoms with E-state index < -0.39 is 16.1 Å². The minimum atomic E-state index is -3.96. The van der Waals surface area contributed by atoms with Gasteiger partial charge in [-0.3, -0.25) is 14.1 Å². The number of H-pyrrole nitrogens is 1. The molecule has 0 radical (unpaired) electrons. The molecule has 6 rings (SSSR count). The molecule has 200 valence electrons. The van der Waals surface area contributed by atoms with Gasteiger partial charge in [-0.2, -0.15) is 0 Å². The maximum Gasteiger partial charge on any atom is 0.264 e. The van der Waals surface area contributed by atoms with E-state index in [1.807, 2.05) is 55.5 Å². The van der Waals surface area contributed by atoms with Crippen LogP contribution in [0.15, 0.2) is 108 Å². The second kappa shape index (κ2) is 10.6. The molecule has 0 bridgehead atoms. The van der Waals surface area contributed by atoms with Crippen LogP contribution in [0.3, 0.4) is 0 Å². The molecular weight excluding hydrogens is 542 g/mol. The lowest BCUT2D eigenvalue weighted by Crippen LogP contribution is -2.34. The summed E-state index contributed by atoms with van der Waals surface area (Å²) in [6, 6.07) is 26.3. The van der Waals surface area contributed by atoms with Crippen LogP contribution in [0, 0.1) is 0 Å². The average Bonchev–Trinajstić information content (AvgIpc) is 3.61. The average molecular weight is 568 g/mol. The molecule has 3 heterocycles. The number of amides is 1. The molecule has 1 amide bonds. The number of imidazole rings is 1. The van der Waals surface area contributed by atoms with Crippen LogP contribution in [0.2, 0.25) is 0 Å². The molecule has 0 aliphatic heterocycles. The Labute approximate surface area is 235 Å². The fourth-order valence-corrected chi connectivity index (χ4v) is 7.20. The van der Waals surface area contributed by atoms with Gasteiger partial charge in [0.2, 0.25) is 0 Å². The van der Waals surface area contributed by atoms with Crippen molar-refractivity contribution in [1.29, 1.82) is 0 Å². The Morgan fingerprint density at radius 3 is 2.58 bits per heavy atom. The van der Waals surface area contributed by atoms with Crippen LogP contribution >= 0.6 is 11.3 Å². The fraction of sp³-hybridized carbons (Fsp3) is 0.100. The number of nitrogens with one attached hydrogen (secondary N) is 2. The predicted molar refractivity (Wildman–Crippen MR) is 158 cm³/mol. The van der Waals surface area contributed by atoms with E-state index in [1.54, 1.807) is 54.9 Å². The lowest BCUT2D eigenvalue weighted by Gasteiger charge is -2.29. The molecule has 3 aromatic heterocycles. The summed E-state index contributed by atoms with van der Waals surface area (Å²) in [6.45, 7) is 2.18. The van der Waals surface area contributed by atoms with E-state index in [2.05, 4.69) is 20.3 Å². The largest absolute Gasteiger partial charge is 0.347 e. The molecule has 6 aromatic rings. The van der Waals surface area contributed by atoms with E-state index in [1.165, 1.54) is 15.6 Å². The van der Waals surface area contributed by atoms with Crippen LogP contribution < -0.4 is 9.62 Å². The number of carbonyl (C=O) groups excluding carboxylic acids is 1. The summed E-state index contributed by atoms with van der Waals surface area (Å²) >= 11 is 1.36. The number of pyridine rings is 1. The van der Waals surface area contributed by atoms with Crippen LogP contribution in [0.5, 0.6) is 0 Å². The number of fused-ring (bicyclic) bond motifs is 2. The molecule has 0 aliphatic rings. The topological polar surface area (TPSA) is 108 Å². The number of para-hydroxylation sites is 2. The Morgan fingerprint density at radius 1 is 1.00 bits per heavy atom. The first kappa shape index (κ1) is 25.7. The summed E-state index contributed by atoms with van der Waals surface area (Å²) in [7, 11) is -3.96. The van der Waals surface area contributed by atoms with Crippen molar-refractivity contribution in [2.75, 3.05) is 4.31 Å². The molecule has 8 nitrogen and oxygen atoms in total. The first-order valence-corrected chi connectivity index (χ1v) is 14.9. The third-order valence-electron chi connectivity index (χ3n) is 6.61. The number of aromatic nitrogens is 3. The summed E-state index contributed by atoms with van der Waals surface area (Å²) in [5, 5.41) is 3.70. The zero-order chi connectivity index (χ0) is 27.7. The number of aromatic amines is 1. The highest BCUT2D eigenvalue weighted by Crippen LogP contribution is 2.36. The van der Waals surface area contributed by atoms with Gasteiger partial charge in [0.05, 0.1) is 26.5 Å². The van der Waals surface area contributed by atoms with Gasteiger partial charge in [-0.15, -0.1) is 11.3 Å². The van der Waals surface area contributed by atoms with Gasteiger partial charge in [0.25, 0.3) is 15.9 Å². The molecule has 0 aliphatic carbocycles. The molecule has 0 saturated carbocycles. The smallest absolute Gasteiger partial charge is 0.264 e. The lowest BCUT2D eigenvalue weighted by molar-refractivity contribution is 0.0955.